The topological polar surface area (TPSA) is 87.0 Å². The zero-order valence-corrected chi connectivity index (χ0v) is 14.8. The molecule has 1 fully saturated rings. The molecule has 0 bridgehead atoms. The lowest BCUT2D eigenvalue weighted by atomic mass is 10.1. The molecule has 1 atom stereocenters. The molecule has 4 rings (SSSR count). The Balaban J connectivity index is 1.51. The molecule has 0 aliphatic carbocycles. The van der Waals surface area contributed by atoms with E-state index in [0.29, 0.717) is 30.0 Å². The molecule has 2 heterocycles. The van der Waals surface area contributed by atoms with E-state index in [4.69, 9.17) is 18.6 Å². The van der Waals surface area contributed by atoms with Crippen LogP contribution in [0, 0.1) is 0 Å². The van der Waals surface area contributed by atoms with Gasteiger partial charge in [0.2, 0.25) is 0 Å². The van der Waals surface area contributed by atoms with E-state index >= 15 is 0 Å². The van der Waals surface area contributed by atoms with Crippen molar-refractivity contribution in [3.63, 3.8) is 0 Å². The lowest BCUT2D eigenvalue weighted by molar-refractivity contribution is -0.156. The fraction of sp³-hybridized carbons (Fsp3) is 0.300. The Bertz CT molecular complexity index is 1000. The number of carbonyl (C=O) groups is 2. The molecule has 1 aliphatic heterocycles. The van der Waals surface area contributed by atoms with Crippen molar-refractivity contribution in [1.29, 1.82) is 0 Å². The number of hydrogen-bond donors (Lipinski definition) is 1. The van der Waals surface area contributed by atoms with E-state index in [9.17, 15) is 9.59 Å². The molecule has 1 N–H and O–H groups in total. The maximum Gasteiger partial charge on any atom is 0.335 e. The lowest BCUT2D eigenvalue weighted by Gasteiger charge is -2.12. The van der Waals surface area contributed by atoms with Gasteiger partial charge in [-0.3, -0.25) is 4.79 Å². The third-order valence-electron chi connectivity index (χ3n) is 4.51. The minimum atomic E-state index is -0.570. The summed E-state index contributed by atoms with van der Waals surface area (Å²) in [5, 5.41) is 4.56. The Morgan fingerprint density at radius 2 is 2.04 bits per heavy atom. The van der Waals surface area contributed by atoms with Crippen molar-refractivity contribution in [3.05, 3.63) is 36.4 Å². The van der Waals surface area contributed by atoms with Crippen molar-refractivity contribution in [2.45, 2.75) is 18.9 Å². The maximum atomic E-state index is 12.2. The Kier molecular flexibility index (Phi) is 4.68. The van der Waals surface area contributed by atoms with Gasteiger partial charge in [-0.1, -0.05) is 18.2 Å². The van der Waals surface area contributed by atoms with Gasteiger partial charge in [0.1, 0.15) is 16.9 Å². The molecule has 27 heavy (non-hydrogen) atoms. The third kappa shape index (κ3) is 3.46. The fourth-order valence-corrected chi connectivity index (χ4v) is 3.20. The van der Waals surface area contributed by atoms with Gasteiger partial charge in [-0.05, 0) is 25.0 Å². The second-order valence-electron chi connectivity index (χ2n) is 6.30. The Labute approximate surface area is 155 Å². The molecule has 0 saturated carbocycles. The summed E-state index contributed by atoms with van der Waals surface area (Å²) in [7, 11) is 1.52. The number of rotatable bonds is 5. The van der Waals surface area contributed by atoms with E-state index in [0.717, 1.165) is 22.8 Å². The van der Waals surface area contributed by atoms with Crippen molar-refractivity contribution >= 4 is 39.5 Å². The number of ether oxygens (including phenoxy) is 3. The smallest absolute Gasteiger partial charge is 0.335 e. The summed E-state index contributed by atoms with van der Waals surface area (Å²) in [6, 6.07) is 11.2. The molecule has 140 valence electrons. The number of carbonyl (C=O) groups excluding carboxylic acids is 2. The molecule has 7 heteroatoms. The van der Waals surface area contributed by atoms with Gasteiger partial charge in [-0.25, -0.2) is 4.79 Å². The largest absolute Gasteiger partial charge is 0.495 e. The van der Waals surface area contributed by atoms with Crippen molar-refractivity contribution in [2.75, 3.05) is 25.6 Å². The zero-order valence-electron chi connectivity index (χ0n) is 14.8. The number of hydrogen-bond acceptors (Lipinski definition) is 6. The molecule has 7 nitrogen and oxygen atoms in total. The van der Waals surface area contributed by atoms with Crippen molar-refractivity contribution in [3.8, 4) is 5.75 Å². The van der Waals surface area contributed by atoms with Crippen LogP contribution < -0.4 is 10.1 Å². The van der Waals surface area contributed by atoms with E-state index in [1.54, 1.807) is 6.07 Å². The summed E-state index contributed by atoms with van der Waals surface area (Å²) in [6.45, 7) is 0.153. The first kappa shape index (κ1) is 17.4. The summed E-state index contributed by atoms with van der Waals surface area (Å²) in [5.74, 6) is -0.481. The standard InChI is InChI=1S/C20H19NO6/c1-24-18-9-13-12-5-2-3-6-15(12)27-17(13)10-14(18)21-19(22)11-26-20(23)16-7-4-8-25-16/h2-3,5-6,9-10,16H,4,7-8,11H2,1H3,(H,21,22)/t16-/m1/s1. The summed E-state index contributed by atoms with van der Waals surface area (Å²) in [6.07, 6.45) is 0.872. The number of furan rings is 1. The van der Waals surface area contributed by atoms with E-state index in [1.807, 2.05) is 30.3 Å². The van der Waals surface area contributed by atoms with Crippen LogP contribution >= 0.6 is 0 Å². The minimum absolute atomic E-state index is 0.389. The summed E-state index contributed by atoms with van der Waals surface area (Å²) in [4.78, 5) is 24.0. The van der Waals surface area contributed by atoms with Gasteiger partial charge in [-0.15, -0.1) is 0 Å². The monoisotopic (exact) mass is 369 g/mol. The highest BCUT2D eigenvalue weighted by Crippen LogP contribution is 2.36. The average molecular weight is 369 g/mol. The van der Waals surface area contributed by atoms with Gasteiger partial charge in [0, 0.05) is 23.4 Å². The van der Waals surface area contributed by atoms with Gasteiger partial charge < -0.3 is 23.9 Å². The van der Waals surface area contributed by atoms with Crippen LogP contribution in [-0.2, 0) is 19.1 Å². The predicted octanol–water partition coefficient (Wildman–Crippen LogP) is 3.26. The molecule has 3 aromatic rings. The van der Waals surface area contributed by atoms with Crippen LogP contribution in [0.1, 0.15) is 12.8 Å². The van der Waals surface area contributed by atoms with Crippen molar-refractivity contribution in [1.82, 2.24) is 0 Å². The summed E-state index contributed by atoms with van der Waals surface area (Å²) < 4.78 is 21.5. The predicted molar refractivity (Wildman–Crippen MR) is 98.8 cm³/mol. The summed E-state index contributed by atoms with van der Waals surface area (Å²) in [5.41, 5.74) is 1.83. The molecule has 0 radical (unpaired) electrons. The van der Waals surface area contributed by atoms with Crippen LogP contribution in [0.15, 0.2) is 40.8 Å². The van der Waals surface area contributed by atoms with E-state index in [2.05, 4.69) is 5.32 Å². The average Bonchev–Trinajstić information content (AvgIpc) is 3.33. The molecule has 2 aromatic carbocycles. The number of benzene rings is 2. The molecule has 1 aliphatic rings. The Morgan fingerprint density at radius 1 is 1.19 bits per heavy atom. The quantitative estimate of drug-likeness (QED) is 0.695. The van der Waals surface area contributed by atoms with E-state index < -0.39 is 18.0 Å². The van der Waals surface area contributed by atoms with Gasteiger partial charge in [0.15, 0.2) is 12.7 Å². The zero-order chi connectivity index (χ0) is 18.8. The van der Waals surface area contributed by atoms with Gasteiger partial charge >= 0.3 is 5.97 Å². The van der Waals surface area contributed by atoms with Crippen LogP contribution in [0.2, 0.25) is 0 Å². The number of methoxy groups -OCH3 is 1. The summed E-state index contributed by atoms with van der Waals surface area (Å²) >= 11 is 0. The number of anilines is 1. The molecule has 0 spiro atoms. The number of para-hydroxylation sites is 1. The molecular formula is C20H19NO6. The first-order chi connectivity index (χ1) is 13.2. The maximum absolute atomic E-state index is 12.2. The van der Waals surface area contributed by atoms with Crippen LogP contribution in [0.5, 0.6) is 5.75 Å². The van der Waals surface area contributed by atoms with Crippen LogP contribution in [0.4, 0.5) is 5.69 Å². The second-order valence-corrected chi connectivity index (χ2v) is 6.30. The van der Waals surface area contributed by atoms with E-state index in [1.165, 1.54) is 7.11 Å². The van der Waals surface area contributed by atoms with Gasteiger partial charge in [0.25, 0.3) is 5.91 Å². The highest BCUT2D eigenvalue weighted by molar-refractivity contribution is 6.07. The second kappa shape index (κ2) is 7.28. The molecular weight excluding hydrogens is 350 g/mol. The van der Waals surface area contributed by atoms with Crippen LogP contribution in [0.3, 0.4) is 0 Å². The molecule has 1 saturated heterocycles. The molecule has 1 amide bonds. The number of fused-ring (bicyclic) bond motifs is 3. The van der Waals surface area contributed by atoms with Gasteiger partial charge in [0.05, 0.1) is 12.8 Å². The Hall–Kier alpha value is -3.06. The van der Waals surface area contributed by atoms with Crippen LogP contribution in [-0.4, -0.2) is 38.3 Å². The fourth-order valence-electron chi connectivity index (χ4n) is 3.20. The highest BCUT2D eigenvalue weighted by Gasteiger charge is 2.25. The first-order valence-corrected chi connectivity index (χ1v) is 8.73. The highest BCUT2D eigenvalue weighted by atomic mass is 16.6. The van der Waals surface area contributed by atoms with E-state index in [-0.39, 0.29) is 6.61 Å². The SMILES string of the molecule is COc1cc2c(cc1NC(=O)COC(=O)[C@H]1CCCO1)oc1ccccc12. The lowest BCUT2D eigenvalue weighted by Crippen LogP contribution is -2.27. The number of amides is 1. The van der Waals surface area contributed by atoms with Crippen LogP contribution in [0.25, 0.3) is 21.9 Å². The van der Waals surface area contributed by atoms with Crippen molar-refractivity contribution in [2.24, 2.45) is 0 Å². The first-order valence-electron chi connectivity index (χ1n) is 8.73. The Morgan fingerprint density at radius 3 is 2.81 bits per heavy atom. The third-order valence-corrected chi connectivity index (χ3v) is 4.51. The molecule has 0 unspecified atom stereocenters. The number of esters is 1. The number of nitrogens with one attached hydrogen (secondary N) is 1. The van der Waals surface area contributed by atoms with Crippen molar-refractivity contribution < 1.29 is 28.2 Å². The molecule has 1 aromatic heterocycles. The van der Waals surface area contributed by atoms with Gasteiger partial charge in [-0.2, -0.15) is 0 Å². The minimum Gasteiger partial charge on any atom is -0.495 e. The normalized spacial score (nSPS) is 16.6.